The maximum atomic E-state index is 3.76. The van der Waals surface area contributed by atoms with Crippen LogP contribution in [-0.2, 0) is 0 Å². The molecule has 3 heteroatoms. The molecule has 1 heterocycles. The summed E-state index contributed by atoms with van der Waals surface area (Å²) in [6.07, 6.45) is 5.46. The third-order valence-electron chi connectivity index (χ3n) is 4.68. The van der Waals surface area contributed by atoms with Crippen molar-refractivity contribution >= 4 is 0 Å². The molecule has 1 aliphatic heterocycles. The predicted molar refractivity (Wildman–Crippen MR) is 78.0 cm³/mol. The summed E-state index contributed by atoms with van der Waals surface area (Å²) >= 11 is 0. The molecule has 2 fully saturated rings. The van der Waals surface area contributed by atoms with Crippen LogP contribution in [0.4, 0.5) is 0 Å². The highest BCUT2D eigenvalue weighted by Crippen LogP contribution is 2.25. The molecule has 0 bridgehead atoms. The lowest BCUT2D eigenvalue weighted by molar-refractivity contribution is 0.0708. The van der Waals surface area contributed by atoms with Crippen LogP contribution in [0.3, 0.4) is 0 Å². The quantitative estimate of drug-likeness (QED) is 0.808. The van der Waals surface area contributed by atoms with Gasteiger partial charge in [0.15, 0.2) is 0 Å². The summed E-state index contributed by atoms with van der Waals surface area (Å²) in [6.45, 7) is 13.1. The Hall–Kier alpha value is -0.120. The van der Waals surface area contributed by atoms with Crippen LogP contribution < -0.4 is 5.32 Å². The second-order valence-electron chi connectivity index (χ2n) is 6.22. The molecule has 0 radical (unpaired) electrons. The molecule has 2 rings (SSSR count). The smallest absolute Gasteiger partial charge is 0.0250 e. The fraction of sp³-hybridized carbons (Fsp3) is 1.00. The van der Waals surface area contributed by atoms with Crippen LogP contribution >= 0.6 is 0 Å². The Morgan fingerprint density at radius 1 is 1.11 bits per heavy atom. The minimum atomic E-state index is 0.713. The van der Waals surface area contributed by atoms with E-state index < -0.39 is 0 Å². The van der Waals surface area contributed by atoms with E-state index in [1.165, 1.54) is 58.4 Å². The van der Waals surface area contributed by atoms with Gasteiger partial charge in [0.2, 0.25) is 0 Å². The summed E-state index contributed by atoms with van der Waals surface area (Å²) in [5.41, 5.74) is 0. The van der Waals surface area contributed by atoms with Gasteiger partial charge in [-0.2, -0.15) is 0 Å². The van der Waals surface area contributed by atoms with Gasteiger partial charge in [-0.15, -0.1) is 0 Å². The zero-order chi connectivity index (χ0) is 13.0. The van der Waals surface area contributed by atoms with Crippen molar-refractivity contribution in [2.75, 3.05) is 32.7 Å². The van der Waals surface area contributed by atoms with Gasteiger partial charge in [0, 0.05) is 44.3 Å². The van der Waals surface area contributed by atoms with Crippen molar-refractivity contribution in [3.63, 3.8) is 0 Å². The average molecular weight is 253 g/mol. The normalized spacial score (nSPS) is 31.3. The number of hydrogen-bond donors (Lipinski definition) is 1. The van der Waals surface area contributed by atoms with E-state index in [-0.39, 0.29) is 0 Å². The van der Waals surface area contributed by atoms with E-state index in [2.05, 4.69) is 35.9 Å². The largest absolute Gasteiger partial charge is 0.312 e. The van der Waals surface area contributed by atoms with Gasteiger partial charge in [-0.25, -0.2) is 0 Å². The lowest BCUT2D eigenvalue weighted by Crippen LogP contribution is -2.55. The van der Waals surface area contributed by atoms with Crippen molar-refractivity contribution in [2.45, 2.75) is 64.6 Å². The molecule has 0 aromatic rings. The van der Waals surface area contributed by atoms with Gasteiger partial charge in [-0.1, -0.05) is 13.3 Å². The van der Waals surface area contributed by atoms with Crippen LogP contribution in [-0.4, -0.2) is 60.6 Å². The Morgan fingerprint density at radius 3 is 2.44 bits per heavy atom. The van der Waals surface area contributed by atoms with Gasteiger partial charge >= 0.3 is 0 Å². The van der Waals surface area contributed by atoms with Gasteiger partial charge in [-0.05, 0) is 39.7 Å². The first-order valence-electron chi connectivity index (χ1n) is 7.94. The fourth-order valence-corrected chi connectivity index (χ4v) is 3.53. The molecule has 0 spiro atoms. The van der Waals surface area contributed by atoms with Gasteiger partial charge in [0.25, 0.3) is 0 Å². The molecule has 1 N–H and O–H groups in total. The Morgan fingerprint density at radius 2 is 1.83 bits per heavy atom. The van der Waals surface area contributed by atoms with E-state index in [0.29, 0.717) is 6.04 Å². The highest BCUT2D eigenvalue weighted by Gasteiger charge is 2.33. The fourth-order valence-electron chi connectivity index (χ4n) is 3.53. The molecular weight excluding hydrogens is 222 g/mol. The Bertz CT molecular complexity index is 234. The van der Waals surface area contributed by atoms with E-state index in [0.717, 1.165) is 12.1 Å². The topological polar surface area (TPSA) is 18.5 Å². The minimum absolute atomic E-state index is 0.713. The molecule has 2 aliphatic rings. The van der Waals surface area contributed by atoms with Crippen molar-refractivity contribution < 1.29 is 0 Å². The van der Waals surface area contributed by atoms with Crippen LogP contribution in [0.25, 0.3) is 0 Å². The molecule has 1 aliphatic carbocycles. The van der Waals surface area contributed by atoms with E-state index in [1.54, 1.807) is 0 Å². The number of hydrogen-bond acceptors (Lipinski definition) is 3. The van der Waals surface area contributed by atoms with Crippen molar-refractivity contribution in [3.05, 3.63) is 0 Å². The molecular formula is C15H31N3. The van der Waals surface area contributed by atoms with Crippen LogP contribution in [0.2, 0.25) is 0 Å². The van der Waals surface area contributed by atoms with Gasteiger partial charge < -0.3 is 5.32 Å². The summed E-state index contributed by atoms with van der Waals surface area (Å²) < 4.78 is 0. The Balaban J connectivity index is 1.81. The van der Waals surface area contributed by atoms with Crippen molar-refractivity contribution in [2.24, 2.45) is 0 Å². The molecule has 0 aromatic carbocycles. The van der Waals surface area contributed by atoms with Gasteiger partial charge in [0.1, 0.15) is 0 Å². The minimum Gasteiger partial charge on any atom is -0.312 e. The summed E-state index contributed by atoms with van der Waals surface area (Å²) in [7, 11) is 0. The molecule has 106 valence electrons. The number of nitrogens with zero attached hydrogens (tertiary/aromatic N) is 2. The average Bonchev–Trinajstić information content (AvgIpc) is 2.84. The first kappa shape index (κ1) is 14.3. The van der Waals surface area contributed by atoms with Crippen LogP contribution in [0, 0.1) is 0 Å². The van der Waals surface area contributed by atoms with Crippen molar-refractivity contribution in [3.8, 4) is 0 Å². The summed E-state index contributed by atoms with van der Waals surface area (Å²) in [5.74, 6) is 0. The van der Waals surface area contributed by atoms with E-state index in [4.69, 9.17) is 0 Å². The van der Waals surface area contributed by atoms with Crippen LogP contribution in [0.1, 0.15) is 46.5 Å². The predicted octanol–water partition coefficient (Wildman–Crippen LogP) is 1.93. The summed E-state index contributed by atoms with van der Waals surface area (Å²) in [5, 5.41) is 3.76. The molecule has 3 nitrogen and oxygen atoms in total. The number of piperazine rings is 1. The highest BCUT2D eigenvalue weighted by atomic mass is 15.3. The molecule has 2 atom stereocenters. The molecule has 2 unspecified atom stereocenters. The standard InChI is InChI=1S/C15H31N3/c1-4-8-16-14-6-5-7-15(14)18-11-9-17(10-12-18)13(2)3/h13-16H,4-12H2,1-3H3. The Labute approximate surface area is 113 Å². The zero-order valence-corrected chi connectivity index (χ0v) is 12.5. The molecule has 1 saturated heterocycles. The maximum Gasteiger partial charge on any atom is 0.0250 e. The van der Waals surface area contributed by atoms with Crippen molar-refractivity contribution in [1.29, 1.82) is 0 Å². The van der Waals surface area contributed by atoms with Gasteiger partial charge in [0.05, 0.1) is 0 Å². The monoisotopic (exact) mass is 253 g/mol. The molecule has 0 aromatic heterocycles. The number of nitrogens with one attached hydrogen (secondary N) is 1. The second-order valence-corrected chi connectivity index (χ2v) is 6.22. The third-order valence-corrected chi connectivity index (χ3v) is 4.68. The van der Waals surface area contributed by atoms with E-state index in [9.17, 15) is 0 Å². The SMILES string of the molecule is CCCNC1CCCC1N1CCN(C(C)C)CC1. The van der Waals surface area contributed by atoms with Gasteiger partial charge in [-0.3, -0.25) is 9.80 Å². The summed E-state index contributed by atoms with van der Waals surface area (Å²) in [4.78, 5) is 5.36. The zero-order valence-electron chi connectivity index (χ0n) is 12.5. The molecule has 18 heavy (non-hydrogen) atoms. The molecule has 0 amide bonds. The highest BCUT2D eigenvalue weighted by molar-refractivity contribution is 4.92. The van der Waals surface area contributed by atoms with Crippen molar-refractivity contribution in [1.82, 2.24) is 15.1 Å². The summed E-state index contributed by atoms with van der Waals surface area (Å²) in [6, 6.07) is 2.28. The Kier molecular flexibility index (Phi) is 5.46. The first-order valence-corrected chi connectivity index (χ1v) is 7.94. The second kappa shape index (κ2) is 6.88. The van der Waals surface area contributed by atoms with Crippen LogP contribution in [0.15, 0.2) is 0 Å². The number of rotatable bonds is 5. The lowest BCUT2D eigenvalue weighted by Gasteiger charge is -2.41. The first-order chi connectivity index (χ1) is 8.72. The maximum absolute atomic E-state index is 3.76. The van der Waals surface area contributed by atoms with Crippen LogP contribution in [0.5, 0.6) is 0 Å². The lowest BCUT2D eigenvalue weighted by atomic mass is 10.1. The van der Waals surface area contributed by atoms with E-state index >= 15 is 0 Å². The molecule has 1 saturated carbocycles. The van der Waals surface area contributed by atoms with E-state index in [1.807, 2.05) is 0 Å². The third kappa shape index (κ3) is 3.46.